The average molecular weight is 803 g/mol. The van der Waals surface area contributed by atoms with Crippen LogP contribution in [0, 0.1) is 29.5 Å². The number of para-hydroxylation sites is 1. The Kier molecular flexibility index (Phi) is 8.64. The number of imide groups is 2. The zero-order chi connectivity index (χ0) is 40.6. The summed E-state index contributed by atoms with van der Waals surface area (Å²) < 4.78 is 14.0. The number of rotatable bonds is 7. The third-order valence-electron chi connectivity index (χ3n) is 12.7. The Labute approximate surface area is 343 Å². The standard InChI is InChI=1S/C48H36ClFN4O5/c49-29-13-11-28(12-14-29)48-40(45(57)54(47(48)59)52-33-17-15-30(50)16-18-33)26-39-36(42(48)38-23-10-27-6-4-5-9-35(27)43(38)55)24-25-37-41(39)46(58)53(44(37)56)34-21-19-32(20-22-34)51-31-7-2-1-3-8-31/h1-24,37,39-42,51-52,55H,25-26H2. The predicted molar refractivity (Wildman–Crippen MR) is 223 cm³/mol. The van der Waals surface area contributed by atoms with Crippen molar-refractivity contribution in [2.75, 3.05) is 15.6 Å². The Hall–Kier alpha value is -6.78. The van der Waals surface area contributed by atoms with Crippen LogP contribution in [0.1, 0.15) is 29.9 Å². The van der Waals surface area contributed by atoms with Crippen LogP contribution in [-0.4, -0.2) is 33.7 Å². The summed E-state index contributed by atoms with van der Waals surface area (Å²) in [4.78, 5) is 60.9. The highest BCUT2D eigenvalue weighted by atomic mass is 35.5. The maximum Gasteiger partial charge on any atom is 0.260 e. The van der Waals surface area contributed by atoms with Crippen molar-refractivity contribution in [3.8, 4) is 5.75 Å². The summed E-state index contributed by atoms with van der Waals surface area (Å²) in [5.41, 5.74) is 5.39. The minimum absolute atomic E-state index is 0.0475. The van der Waals surface area contributed by atoms with E-state index in [4.69, 9.17) is 11.6 Å². The number of hydrazine groups is 1. The van der Waals surface area contributed by atoms with E-state index in [1.165, 1.54) is 29.2 Å². The van der Waals surface area contributed by atoms with Gasteiger partial charge in [0.05, 0.1) is 34.5 Å². The Balaban J connectivity index is 1.11. The summed E-state index contributed by atoms with van der Waals surface area (Å²) in [6, 6.07) is 40.0. The molecule has 0 aromatic heterocycles. The van der Waals surface area contributed by atoms with E-state index in [0.717, 1.165) is 21.8 Å². The molecule has 2 aliphatic heterocycles. The molecule has 11 heteroatoms. The van der Waals surface area contributed by atoms with Gasteiger partial charge >= 0.3 is 0 Å². The zero-order valence-electron chi connectivity index (χ0n) is 31.4. The first-order valence-electron chi connectivity index (χ1n) is 19.5. The van der Waals surface area contributed by atoms with Crippen molar-refractivity contribution < 1.29 is 28.7 Å². The van der Waals surface area contributed by atoms with E-state index < -0.39 is 52.6 Å². The molecule has 6 aromatic carbocycles. The van der Waals surface area contributed by atoms with Gasteiger partial charge in [-0.05, 0) is 103 Å². The van der Waals surface area contributed by atoms with E-state index in [1.807, 2.05) is 72.8 Å². The molecule has 6 aromatic rings. The number of amides is 4. The lowest BCUT2D eigenvalue weighted by atomic mass is 9.49. The molecule has 3 fully saturated rings. The number of hydrogen-bond donors (Lipinski definition) is 3. The summed E-state index contributed by atoms with van der Waals surface area (Å²) in [6.07, 6.45) is 2.24. The van der Waals surface area contributed by atoms with Crippen LogP contribution in [0.2, 0.25) is 5.02 Å². The second-order valence-corrected chi connectivity index (χ2v) is 16.1. The number of anilines is 4. The molecule has 0 spiro atoms. The Morgan fingerprint density at radius 2 is 1.37 bits per heavy atom. The van der Waals surface area contributed by atoms with Crippen LogP contribution in [0.4, 0.5) is 27.1 Å². The number of halogens is 2. The molecule has 0 radical (unpaired) electrons. The molecule has 2 saturated heterocycles. The summed E-state index contributed by atoms with van der Waals surface area (Å²) in [7, 11) is 0. The topological polar surface area (TPSA) is 119 Å². The number of allylic oxidation sites excluding steroid dienone is 2. The van der Waals surface area contributed by atoms with Gasteiger partial charge in [-0.1, -0.05) is 90.0 Å². The minimum Gasteiger partial charge on any atom is -0.507 e. The number of carbonyl (C=O) groups excluding carboxylic acids is 4. The summed E-state index contributed by atoms with van der Waals surface area (Å²) >= 11 is 6.43. The van der Waals surface area contributed by atoms with Gasteiger partial charge in [0.1, 0.15) is 11.6 Å². The summed E-state index contributed by atoms with van der Waals surface area (Å²) in [5.74, 6) is -6.53. The van der Waals surface area contributed by atoms with Crippen molar-refractivity contribution in [2.45, 2.75) is 24.2 Å². The molecule has 59 heavy (non-hydrogen) atoms. The van der Waals surface area contributed by atoms with Crippen molar-refractivity contribution in [3.05, 3.63) is 173 Å². The molecule has 10 rings (SSSR count). The van der Waals surface area contributed by atoms with E-state index >= 15 is 4.79 Å². The van der Waals surface area contributed by atoms with Crippen molar-refractivity contribution in [1.82, 2.24) is 5.01 Å². The van der Waals surface area contributed by atoms with E-state index in [0.29, 0.717) is 38.5 Å². The monoisotopic (exact) mass is 802 g/mol. The van der Waals surface area contributed by atoms with E-state index in [9.17, 15) is 23.9 Å². The highest BCUT2D eigenvalue weighted by Gasteiger charge is 2.70. The SMILES string of the molecule is O=C1C2CC3C(=CCC4C(=O)N(c5ccc(Nc6ccccc6)cc5)C(=O)C43)C(c3ccc4ccccc4c3O)C2(c2ccc(Cl)cc2)C(=O)N1Nc1ccc(F)cc1. The Bertz CT molecular complexity index is 2730. The largest absolute Gasteiger partial charge is 0.507 e. The number of phenols is 1. The zero-order valence-corrected chi connectivity index (χ0v) is 32.1. The van der Waals surface area contributed by atoms with Crippen LogP contribution in [0.3, 0.4) is 0 Å². The van der Waals surface area contributed by atoms with Gasteiger partial charge in [-0.3, -0.25) is 29.5 Å². The Morgan fingerprint density at radius 1 is 0.695 bits per heavy atom. The molecule has 292 valence electrons. The molecule has 3 N–H and O–H groups in total. The number of aromatic hydroxyl groups is 1. The molecule has 6 atom stereocenters. The van der Waals surface area contributed by atoms with Gasteiger partial charge in [0.2, 0.25) is 11.8 Å². The van der Waals surface area contributed by atoms with Gasteiger partial charge in [0.15, 0.2) is 0 Å². The molecule has 0 bridgehead atoms. The third kappa shape index (κ3) is 5.65. The fraction of sp³-hybridized carbons (Fsp3) is 0.167. The van der Waals surface area contributed by atoms with Crippen molar-refractivity contribution in [2.24, 2.45) is 23.7 Å². The molecule has 2 aliphatic carbocycles. The molecule has 2 heterocycles. The first kappa shape index (κ1) is 36.6. The van der Waals surface area contributed by atoms with Gasteiger partial charge in [0, 0.05) is 33.3 Å². The minimum atomic E-state index is -1.63. The molecule has 4 amide bonds. The van der Waals surface area contributed by atoms with Gasteiger partial charge in [-0.15, -0.1) is 0 Å². The second-order valence-electron chi connectivity index (χ2n) is 15.6. The fourth-order valence-electron chi connectivity index (χ4n) is 10.1. The van der Waals surface area contributed by atoms with Crippen LogP contribution in [0.5, 0.6) is 5.75 Å². The summed E-state index contributed by atoms with van der Waals surface area (Å²) in [5, 5.41) is 18.3. The maximum absolute atomic E-state index is 15.5. The third-order valence-corrected chi connectivity index (χ3v) is 12.9. The van der Waals surface area contributed by atoms with E-state index in [2.05, 4.69) is 10.7 Å². The highest BCUT2D eigenvalue weighted by molar-refractivity contribution is 6.30. The van der Waals surface area contributed by atoms with Crippen LogP contribution in [-0.2, 0) is 24.6 Å². The number of phenolic OH excluding ortho intramolecular Hbond substituents is 1. The number of benzene rings is 6. The van der Waals surface area contributed by atoms with Gasteiger partial charge in [0.25, 0.3) is 11.8 Å². The highest BCUT2D eigenvalue weighted by Crippen LogP contribution is 2.65. The lowest BCUT2D eigenvalue weighted by molar-refractivity contribution is -0.138. The van der Waals surface area contributed by atoms with Crippen LogP contribution >= 0.6 is 11.6 Å². The van der Waals surface area contributed by atoms with Gasteiger partial charge < -0.3 is 10.4 Å². The average Bonchev–Trinajstić information content (AvgIpc) is 3.63. The molecule has 6 unspecified atom stereocenters. The van der Waals surface area contributed by atoms with Crippen molar-refractivity contribution >= 4 is 68.8 Å². The van der Waals surface area contributed by atoms with Gasteiger partial charge in [-0.2, -0.15) is 5.01 Å². The number of nitrogens with zero attached hydrogens (tertiary/aromatic N) is 2. The Morgan fingerprint density at radius 3 is 2.12 bits per heavy atom. The lowest BCUT2D eigenvalue weighted by Crippen LogP contribution is -2.53. The van der Waals surface area contributed by atoms with Crippen LogP contribution in [0.15, 0.2) is 151 Å². The maximum atomic E-state index is 15.5. The van der Waals surface area contributed by atoms with E-state index in [-0.39, 0.29) is 30.4 Å². The van der Waals surface area contributed by atoms with Crippen molar-refractivity contribution in [3.63, 3.8) is 0 Å². The smallest absolute Gasteiger partial charge is 0.260 e. The molecular formula is C48H36ClFN4O5. The number of fused-ring (bicyclic) bond motifs is 5. The normalized spacial score (nSPS) is 24.8. The number of carbonyl (C=O) groups is 4. The first-order valence-corrected chi connectivity index (χ1v) is 19.9. The number of hydrogen-bond acceptors (Lipinski definition) is 7. The lowest BCUT2D eigenvalue weighted by Gasteiger charge is -2.50. The van der Waals surface area contributed by atoms with Crippen LogP contribution in [0.25, 0.3) is 10.8 Å². The quantitative estimate of drug-likeness (QED) is 0.109. The van der Waals surface area contributed by atoms with Crippen LogP contribution < -0.4 is 15.6 Å². The molecular weight excluding hydrogens is 767 g/mol. The molecule has 1 saturated carbocycles. The predicted octanol–water partition coefficient (Wildman–Crippen LogP) is 9.27. The van der Waals surface area contributed by atoms with Crippen molar-refractivity contribution in [1.29, 1.82) is 0 Å². The summed E-state index contributed by atoms with van der Waals surface area (Å²) in [6.45, 7) is 0. The van der Waals surface area contributed by atoms with Gasteiger partial charge in [-0.25, -0.2) is 4.39 Å². The fourth-order valence-corrected chi connectivity index (χ4v) is 10.3. The second kappa shape index (κ2) is 14.0. The van der Waals surface area contributed by atoms with E-state index in [1.54, 1.807) is 48.5 Å². The molecule has 4 aliphatic rings. The molecule has 9 nitrogen and oxygen atoms in total. The number of nitrogens with one attached hydrogen (secondary N) is 2. The first-order chi connectivity index (χ1) is 28.6.